The summed E-state index contributed by atoms with van der Waals surface area (Å²) in [6.45, 7) is 5.80. The van der Waals surface area contributed by atoms with Crippen LogP contribution in [0.15, 0.2) is 16.8 Å². The molecule has 0 radical (unpaired) electrons. The Hall–Kier alpha value is -0.910. The van der Waals surface area contributed by atoms with Crippen LogP contribution in [-0.4, -0.2) is 61.1 Å². The number of nitrogens with zero attached hydrogens (tertiary/aromatic N) is 2. The van der Waals surface area contributed by atoms with Crippen LogP contribution < -0.4 is 0 Å². The van der Waals surface area contributed by atoms with E-state index in [0.717, 1.165) is 51.0 Å². The Labute approximate surface area is 136 Å². The maximum Gasteiger partial charge on any atom is 0.254 e. The summed E-state index contributed by atoms with van der Waals surface area (Å²) < 4.78 is 5.49. The summed E-state index contributed by atoms with van der Waals surface area (Å²) in [5.74, 6) is 0.221. The molecule has 3 heterocycles. The van der Waals surface area contributed by atoms with Gasteiger partial charge in [-0.15, -0.1) is 0 Å². The first-order valence-corrected chi connectivity index (χ1v) is 9.36. The molecule has 3 aliphatic rings. The van der Waals surface area contributed by atoms with Crippen molar-refractivity contribution >= 4 is 17.2 Å². The molecule has 1 aromatic rings. The minimum absolute atomic E-state index is 0.221. The zero-order valence-electron chi connectivity index (χ0n) is 13.0. The van der Waals surface area contributed by atoms with E-state index in [1.165, 1.54) is 25.7 Å². The number of carbonyl (C=O) groups excluding carboxylic acids is 1. The quantitative estimate of drug-likeness (QED) is 0.839. The van der Waals surface area contributed by atoms with Crippen LogP contribution >= 0.6 is 11.3 Å². The Kier molecular flexibility index (Phi) is 3.96. The van der Waals surface area contributed by atoms with Crippen LogP contribution in [0.2, 0.25) is 0 Å². The third-order valence-corrected chi connectivity index (χ3v) is 6.61. The molecule has 1 aliphatic carbocycles. The van der Waals surface area contributed by atoms with E-state index in [-0.39, 0.29) is 5.91 Å². The first kappa shape index (κ1) is 14.7. The van der Waals surface area contributed by atoms with E-state index in [2.05, 4.69) is 9.80 Å². The van der Waals surface area contributed by atoms with Gasteiger partial charge in [-0.1, -0.05) is 0 Å². The van der Waals surface area contributed by atoms with E-state index >= 15 is 0 Å². The summed E-state index contributed by atoms with van der Waals surface area (Å²) in [6.07, 6.45) is 5.02. The molecule has 3 fully saturated rings. The van der Waals surface area contributed by atoms with Gasteiger partial charge in [-0.2, -0.15) is 11.3 Å². The van der Waals surface area contributed by atoms with E-state index in [9.17, 15) is 4.79 Å². The lowest BCUT2D eigenvalue weighted by atomic mass is 9.58. The zero-order valence-corrected chi connectivity index (χ0v) is 13.8. The molecule has 2 aliphatic heterocycles. The minimum atomic E-state index is 0.221. The first-order valence-electron chi connectivity index (χ1n) is 8.42. The summed E-state index contributed by atoms with van der Waals surface area (Å²) in [5.41, 5.74) is 1.34. The van der Waals surface area contributed by atoms with Gasteiger partial charge in [0.25, 0.3) is 5.91 Å². The van der Waals surface area contributed by atoms with Crippen LogP contribution in [0.1, 0.15) is 36.0 Å². The molecule has 1 atom stereocenters. The molecular weight excluding hydrogens is 296 g/mol. The van der Waals surface area contributed by atoms with Crippen LogP contribution in [0.25, 0.3) is 0 Å². The lowest BCUT2D eigenvalue weighted by Gasteiger charge is -2.58. The third-order valence-electron chi connectivity index (χ3n) is 5.92. The van der Waals surface area contributed by atoms with Gasteiger partial charge in [-0.05, 0) is 42.5 Å². The molecule has 0 bridgehead atoms. The molecule has 2 saturated heterocycles. The summed E-state index contributed by atoms with van der Waals surface area (Å²) in [5, 5.41) is 3.95. The van der Waals surface area contributed by atoms with Gasteiger partial charge in [0, 0.05) is 37.6 Å². The topological polar surface area (TPSA) is 32.8 Å². The SMILES string of the molecule is O=C(c1ccsc1)N1CCC2(CCC2N2CCOCC2)CC1. The van der Waals surface area contributed by atoms with Crippen LogP contribution in [0.3, 0.4) is 0 Å². The molecular formula is C17H24N2O2S. The van der Waals surface area contributed by atoms with E-state index in [0.29, 0.717) is 5.41 Å². The second-order valence-corrected chi connectivity index (χ2v) is 7.65. The van der Waals surface area contributed by atoms with Gasteiger partial charge in [0.15, 0.2) is 0 Å². The second kappa shape index (κ2) is 5.95. The van der Waals surface area contributed by atoms with Gasteiger partial charge in [-0.3, -0.25) is 9.69 Å². The smallest absolute Gasteiger partial charge is 0.254 e. The number of carbonyl (C=O) groups is 1. The van der Waals surface area contributed by atoms with E-state index in [1.54, 1.807) is 11.3 Å². The molecule has 0 aromatic carbocycles. The predicted octanol–water partition coefficient (Wildman–Crippen LogP) is 2.47. The third kappa shape index (κ3) is 2.49. The van der Waals surface area contributed by atoms with Gasteiger partial charge in [0.05, 0.1) is 18.8 Å². The molecule has 4 nitrogen and oxygen atoms in total. The molecule has 1 aromatic heterocycles. The molecule has 120 valence electrons. The van der Waals surface area contributed by atoms with Gasteiger partial charge in [0.1, 0.15) is 0 Å². The average molecular weight is 320 g/mol. The van der Waals surface area contributed by atoms with Gasteiger partial charge in [0.2, 0.25) is 0 Å². The Morgan fingerprint density at radius 2 is 1.95 bits per heavy atom. The zero-order chi connectivity index (χ0) is 15.0. The predicted molar refractivity (Wildman–Crippen MR) is 87.3 cm³/mol. The largest absolute Gasteiger partial charge is 0.379 e. The van der Waals surface area contributed by atoms with Gasteiger partial charge in [-0.25, -0.2) is 0 Å². The highest BCUT2D eigenvalue weighted by Crippen LogP contribution is 2.51. The average Bonchev–Trinajstić information content (AvgIpc) is 3.09. The Bertz CT molecular complexity index is 517. The standard InChI is InChI=1S/C17H24N2O2S/c20-16(14-2-12-22-13-14)19-6-4-17(5-7-19)3-1-15(17)18-8-10-21-11-9-18/h2,12-13,15H,1,3-11H2. The molecule has 0 N–H and O–H groups in total. The molecule has 1 unspecified atom stereocenters. The fourth-order valence-electron chi connectivity index (χ4n) is 4.45. The van der Waals surface area contributed by atoms with Crippen molar-refractivity contribution in [3.8, 4) is 0 Å². The van der Waals surface area contributed by atoms with Crippen molar-refractivity contribution in [1.82, 2.24) is 9.80 Å². The number of piperidine rings is 1. The van der Waals surface area contributed by atoms with E-state index in [4.69, 9.17) is 4.74 Å². The van der Waals surface area contributed by atoms with Crippen molar-refractivity contribution in [3.63, 3.8) is 0 Å². The molecule has 5 heteroatoms. The number of amides is 1. The van der Waals surface area contributed by atoms with Crippen LogP contribution in [-0.2, 0) is 4.74 Å². The van der Waals surface area contributed by atoms with Crippen LogP contribution in [0.4, 0.5) is 0 Å². The summed E-state index contributed by atoms with van der Waals surface area (Å²) in [4.78, 5) is 17.2. The number of ether oxygens (including phenoxy) is 1. The lowest BCUT2D eigenvalue weighted by Crippen LogP contribution is -2.61. The lowest BCUT2D eigenvalue weighted by molar-refractivity contribution is -0.0937. The number of likely N-dealkylation sites (tertiary alicyclic amines) is 1. The van der Waals surface area contributed by atoms with Crippen LogP contribution in [0, 0.1) is 5.41 Å². The molecule has 4 rings (SSSR count). The number of hydrogen-bond acceptors (Lipinski definition) is 4. The summed E-state index contributed by atoms with van der Waals surface area (Å²) in [6, 6.07) is 2.67. The first-order chi connectivity index (χ1) is 10.8. The molecule has 1 amide bonds. The van der Waals surface area contributed by atoms with Gasteiger partial charge >= 0.3 is 0 Å². The minimum Gasteiger partial charge on any atom is -0.379 e. The Balaban J connectivity index is 1.38. The second-order valence-electron chi connectivity index (χ2n) is 6.87. The highest BCUT2D eigenvalue weighted by atomic mass is 32.1. The molecule has 1 saturated carbocycles. The van der Waals surface area contributed by atoms with Crippen molar-refractivity contribution < 1.29 is 9.53 Å². The fraction of sp³-hybridized carbons (Fsp3) is 0.706. The van der Waals surface area contributed by atoms with Gasteiger partial charge < -0.3 is 9.64 Å². The highest BCUT2D eigenvalue weighted by Gasteiger charge is 2.50. The fourth-order valence-corrected chi connectivity index (χ4v) is 5.08. The van der Waals surface area contributed by atoms with Crippen molar-refractivity contribution in [1.29, 1.82) is 0 Å². The number of thiophene rings is 1. The normalized spacial score (nSPS) is 28.5. The van der Waals surface area contributed by atoms with E-state index in [1.807, 2.05) is 16.8 Å². The molecule has 1 spiro atoms. The summed E-state index contributed by atoms with van der Waals surface area (Å²) >= 11 is 1.60. The maximum absolute atomic E-state index is 12.5. The van der Waals surface area contributed by atoms with E-state index < -0.39 is 0 Å². The maximum atomic E-state index is 12.5. The van der Waals surface area contributed by atoms with Crippen molar-refractivity contribution in [2.24, 2.45) is 5.41 Å². The van der Waals surface area contributed by atoms with Crippen molar-refractivity contribution in [2.45, 2.75) is 31.7 Å². The number of rotatable bonds is 2. The Morgan fingerprint density at radius 1 is 1.18 bits per heavy atom. The van der Waals surface area contributed by atoms with Crippen molar-refractivity contribution in [3.05, 3.63) is 22.4 Å². The number of hydrogen-bond donors (Lipinski definition) is 0. The highest BCUT2D eigenvalue weighted by molar-refractivity contribution is 7.08. The van der Waals surface area contributed by atoms with Crippen molar-refractivity contribution in [2.75, 3.05) is 39.4 Å². The number of morpholine rings is 1. The summed E-state index contributed by atoms with van der Waals surface area (Å²) in [7, 11) is 0. The monoisotopic (exact) mass is 320 g/mol. The Morgan fingerprint density at radius 3 is 2.55 bits per heavy atom. The van der Waals surface area contributed by atoms with Crippen LogP contribution in [0.5, 0.6) is 0 Å². The molecule has 22 heavy (non-hydrogen) atoms.